The SMILES string of the molecule is O=C(Cc1ccc(Cl)c(Cl)c1)NC1(c2ccccc2)CCC1. The first-order valence-corrected chi connectivity index (χ1v) is 8.15. The van der Waals surface area contributed by atoms with Crippen LogP contribution >= 0.6 is 23.2 Å². The largest absolute Gasteiger partial charge is 0.346 e. The van der Waals surface area contributed by atoms with E-state index in [9.17, 15) is 4.79 Å². The van der Waals surface area contributed by atoms with Gasteiger partial charge in [0.05, 0.1) is 22.0 Å². The molecule has 3 rings (SSSR count). The second-order valence-electron chi connectivity index (χ2n) is 5.78. The highest BCUT2D eigenvalue weighted by molar-refractivity contribution is 6.42. The Labute approximate surface area is 140 Å². The second kappa shape index (κ2) is 6.31. The monoisotopic (exact) mass is 333 g/mol. The van der Waals surface area contributed by atoms with Crippen molar-refractivity contribution >= 4 is 29.1 Å². The number of halogens is 2. The highest BCUT2D eigenvalue weighted by Gasteiger charge is 2.39. The Bertz CT molecular complexity index is 681. The molecule has 1 aliphatic rings. The summed E-state index contributed by atoms with van der Waals surface area (Å²) in [6, 6.07) is 15.5. The first-order valence-electron chi connectivity index (χ1n) is 7.40. The van der Waals surface area contributed by atoms with Crippen molar-refractivity contribution in [1.82, 2.24) is 5.32 Å². The minimum Gasteiger partial charge on any atom is -0.346 e. The molecule has 1 saturated carbocycles. The molecule has 0 aromatic heterocycles. The van der Waals surface area contributed by atoms with Crippen molar-refractivity contribution in [1.29, 1.82) is 0 Å². The minimum absolute atomic E-state index is 0.0157. The molecule has 114 valence electrons. The van der Waals surface area contributed by atoms with E-state index in [0.29, 0.717) is 16.5 Å². The van der Waals surface area contributed by atoms with E-state index in [1.807, 2.05) is 24.3 Å². The zero-order chi connectivity index (χ0) is 15.6. The third-order valence-corrected chi connectivity index (χ3v) is 5.00. The number of amides is 1. The van der Waals surface area contributed by atoms with Gasteiger partial charge in [-0.1, -0.05) is 59.6 Å². The van der Waals surface area contributed by atoms with E-state index in [-0.39, 0.29) is 11.4 Å². The summed E-state index contributed by atoms with van der Waals surface area (Å²) in [6.07, 6.45) is 3.43. The lowest BCUT2D eigenvalue weighted by Crippen LogP contribution is -2.51. The molecule has 1 amide bonds. The third kappa shape index (κ3) is 3.13. The molecule has 0 saturated heterocycles. The summed E-state index contributed by atoms with van der Waals surface area (Å²) in [5, 5.41) is 4.20. The number of rotatable bonds is 4. The van der Waals surface area contributed by atoms with Crippen LogP contribution in [0.4, 0.5) is 0 Å². The summed E-state index contributed by atoms with van der Waals surface area (Å²) in [6.45, 7) is 0. The zero-order valence-electron chi connectivity index (χ0n) is 12.1. The van der Waals surface area contributed by atoms with E-state index in [2.05, 4.69) is 17.4 Å². The lowest BCUT2D eigenvalue weighted by atomic mass is 9.71. The number of hydrogen-bond donors (Lipinski definition) is 1. The topological polar surface area (TPSA) is 29.1 Å². The van der Waals surface area contributed by atoms with E-state index >= 15 is 0 Å². The van der Waals surface area contributed by atoms with Gasteiger partial charge in [-0.2, -0.15) is 0 Å². The number of nitrogens with one attached hydrogen (secondary N) is 1. The number of carbonyl (C=O) groups excluding carboxylic acids is 1. The first-order chi connectivity index (χ1) is 10.6. The highest BCUT2D eigenvalue weighted by Crippen LogP contribution is 2.41. The van der Waals surface area contributed by atoms with Gasteiger partial charge in [0.25, 0.3) is 0 Å². The highest BCUT2D eigenvalue weighted by atomic mass is 35.5. The summed E-state index contributed by atoms with van der Waals surface area (Å²) in [7, 11) is 0. The van der Waals surface area contributed by atoms with Crippen molar-refractivity contribution in [2.75, 3.05) is 0 Å². The van der Waals surface area contributed by atoms with Crippen LogP contribution in [0, 0.1) is 0 Å². The van der Waals surface area contributed by atoms with Gasteiger partial charge in [-0.05, 0) is 42.5 Å². The Morgan fingerprint density at radius 1 is 1.05 bits per heavy atom. The van der Waals surface area contributed by atoms with Crippen LogP contribution < -0.4 is 5.32 Å². The smallest absolute Gasteiger partial charge is 0.225 e. The van der Waals surface area contributed by atoms with Gasteiger partial charge in [-0.25, -0.2) is 0 Å². The summed E-state index contributed by atoms with van der Waals surface area (Å²) in [4.78, 5) is 12.4. The molecule has 0 aliphatic heterocycles. The van der Waals surface area contributed by atoms with Crippen molar-refractivity contribution in [2.24, 2.45) is 0 Å². The lowest BCUT2D eigenvalue weighted by Gasteiger charge is -2.43. The Kier molecular flexibility index (Phi) is 4.42. The van der Waals surface area contributed by atoms with E-state index < -0.39 is 0 Å². The van der Waals surface area contributed by atoms with Crippen LogP contribution in [0.25, 0.3) is 0 Å². The maximum atomic E-state index is 12.4. The molecule has 1 N–H and O–H groups in total. The molecule has 1 fully saturated rings. The molecular weight excluding hydrogens is 317 g/mol. The van der Waals surface area contributed by atoms with Crippen LogP contribution in [0.2, 0.25) is 10.0 Å². The molecule has 22 heavy (non-hydrogen) atoms. The number of carbonyl (C=O) groups is 1. The van der Waals surface area contributed by atoms with Crippen LogP contribution in [-0.2, 0) is 16.8 Å². The van der Waals surface area contributed by atoms with Crippen LogP contribution in [0.5, 0.6) is 0 Å². The quantitative estimate of drug-likeness (QED) is 0.860. The standard InChI is InChI=1S/C18H17Cl2NO/c19-15-8-7-13(11-16(15)20)12-17(22)21-18(9-4-10-18)14-5-2-1-3-6-14/h1-3,5-8,11H,4,9-10,12H2,(H,21,22). The molecule has 0 atom stereocenters. The average Bonchev–Trinajstić information content (AvgIpc) is 2.48. The van der Waals surface area contributed by atoms with Crippen molar-refractivity contribution in [2.45, 2.75) is 31.2 Å². The lowest BCUT2D eigenvalue weighted by molar-refractivity contribution is -0.123. The van der Waals surface area contributed by atoms with E-state index in [0.717, 1.165) is 24.8 Å². The predicted molar refractivity (Wildman–Crippen MR) is 90.3 cm³/mol. The second-order valence-corrected chi connectivity index (χ2v) is 6.59. The van der Waals surface area contributed by atoms with E-state index in [1.54, 1.807) is 12.1 Å². The van der Waals surface area contributed by atoms with Crippen LogP contribution in [0.1, 0.15) is 30.4 Å². The van der Waals surface area contributed by atoms with Gasteiger partial charge in [0, 0.05) is 0 Å². The van der Waals surface area contributed by atoms with Gasteiger partial charge in [-0.3, -0.25) is 4.79 Å². The van der Waals surface area contributed by atoms with Crippen molar-refractivity contribution in [3.05, 3.63) is 69.7 Å². The van der Waals surface area contributed by atoms with Gasteiger partial charge in [0.2, 0.25) is 5.91 Å². The molecular formula is C18H17Cl2NO. The van der Waals surface area contributed by atoms with Crippen LogP contribution in [0.15, 0.2) is 48.5 Å². The maximum Gasteiger partial charge on any atom is 0.225 e. The predicted octanol–water partition coefficient (Wildman–Crippen LogP) is 4.73. The van der Waals surface area contributed by atoms with Crippen molar-refractivity contribution in [3.63, 3.8) is 0 Å². The fourth-order valence-corrected chi connectivity index (χ4v) is 3.24. The number of benzene rings is 2. The number of hydrogen-bond acceptors (Lipinski definition) is 1. The Balaban J connectivity index is 1.71. The molecule has 2 nitrogen and oxygen atoms in total. The molecule has 0 radical (unpaired) electrons. The molecule has 0 unspecified atom stereocenters. The maximum absolute atomic E-state index is 12.4. The van der Waals surface area contributed by atoms with E-state index in [1.165, 1.54) is 5.56 Å². The summed E-state index contributed by atoms with van der Waals surface area (Å²) in [5.74, 6) is 0.0157. The average molecular weight is 334 g/mol. The van der Waals surface area contributed by atoms with Crippen molar-refractivity contribution < 1.29 is 4.79 Å². The Morgan fingerprint density at radius 2 is 1.77 bits per heavy atom. The fourth-order valence-electron chi connectivity index (χ4n) is 2.92. The van der Waals surface area contributed by atoms with Gasteiger partial charge in [0.1, 0.15) is 0 Å². The minimum atomic E-state index is -0.200. The zero-order valence-corrected chi connectivity index (χ0v) is 13.6. The summed E-state index contributed by atoms with van der Waals surface area (Å²) >= 11 is 11.9. The molecule has 0 heterocycles. The molecule has 2 aromatic rings. The van der Waals surface area contributed by atoms with Crippen LogP contribution in [-0.4, -0.2) is 5.91 Å². The Hall–Kier alpha value is -1.51. The molecule has 4 heteroatoms. The van der Waals surface area contributed by atoms with E-state index in [4.69, 9.17) is 23.2 Å². The van der Waals surface area contributed by atoms with Gasteiger partial charge >= 0.3 is 0 Å². The van der Waals surface area contributed by atoms with Crippen molar-refractivity contribution in [3.8, 4) is 0 Å². The molecule has 2 aromatic carbocycles. The molecule has 1 aliphatic carbocycles. The first kappa shape index (κ1) is 15.4. The normalized spacial score (nSPS) is 15.9. The fraction of sp³-hybridized carbons (Fsp3) is 0.278. The third-order valence-electron chi connectivity index (χ3n) is 4.26. The van der Waals surface area contributed by atoms with Crippen LogP contribution in [0.3, 0.4) is 0 Å². The van der Waals surface area contributed by atoms with Gasteiger partial charge in [0.15, 0.2) is 0 Å². The van der Waals surface area contributed by atoms with Gasteiger partial charge in [-0.15, -0.1) is 0 Å². The Morgan fingerprint density at radius 3 is 2.36 bits per heavy atom. The summed E-state index contributed by atoms with van der Waals surface area (Å²) in [5.41, 5.74) is 1.85. The molecule has 0 bridgehead atoms. The molecule has 0 spiro atoms. The summed E-state index contributed by atoms with van der Waals surface area (Å²) < 4.78 is 0. The van der Waals surface area contributed by atoms with Gasteiger partial charge < -0.3 is 5.32 Å².